The molecule has 1 N–H and O–H groups in total. The quantitative estimate of drug-likeness (QED) is 0.856. The van der Waals surface area contributed by atoms with Crippen LogP contribution in [0.4, 0.5) is 10.1 Å². The molecule has 1 aliphatic carbocycles. The lowest BCUT2D eigenvalue weighted by molar-refractivity contribution is -0.122. The van der Waals surface area contributed by atoms with Gasteiger partial charge in [0.2, 0.25) is 11.8 Å². The second kappa shape index (κ2) is 7.58. The van der Waals surface area contributed by atoms with Crippen molar-refractivity contribution < 1.29 is 14.0 Å². The van der Waals surface area contributed by atoms with Crippen molar-refractivity contribution in [2.75, 3.05) is 11.9 Å². The summed E-state index contributed by atoms with van der Waals surface area (Å²) >= 11 is 0. The van der Waals surface area contributed by atoms with Crippen molar-refractivity contribution in [3.8, 4) is 11.1 Å². The lowest BCUT2D eigenvalue weighted by Gasteiger charge is -2.33. The number of halogens is 1. The number of hydrogen-bond acceptors (Lipinski definition) is 3. The highest BCUT2D eigenvalue weighted by atomic mass is 19.1. The van der Waals surface area contributed by atoms with Gasteiger partial charge in [0, 0.05) is 49.1 Å². The van der Waals surface area contributed by atoms with E-state index in [1.807, 2.05) is 13.0 Å². The number of benzene rings is 1. The number of nitrogens with zero attached hydrogens (tertiary/aromatic N) is 2. The van der Waals surface area contributed by atoms with E-state index < -0.39 is 0 Å². The summed E-state index contributed by atoms with van der Waals surface area (Å²) in [5.41, 5.74) is 4.95. The zero-order valence-corrected chi connectivity index (χ0v) is 17.1. The van der Waals surface area contributed by atoms with E-state index in [1.54, 1.807) is 19.4 Å². The molecule has 2 amide bonds. The highest BCUT2D eigenvalue weighted by Gasteiger charge is 2.31. The number of carbonyl (C=O) groups excluding carboxylic acids is 2. The van der Waals surface area contributed by atoms with Crippen LogP contribution < -0.4 is 10.2 Å². The maximum Gasteiger partial charge on any atom is 0.227 e. The second-order valence-electron chi connectivity index (χ2n) is 8.08. The summed E-state index contributed by atoms with van der Waals surface area (Å²) in [5.74, 6) is -0.0453. The fourth-order valence-electron chi connectivity index (χ4n) is 4.49. The Bertz CT molecular complexity index is 988. The molecule has 29 heavy (non-hydrogen) atoms. The molecule has 2 aromatic rings. The van der Waals surface area contributed by atoms with Crippen molar-refractivity contribution >= 4 is 17.5 Å². The van der Waals surface area contributed by atoms with Gasteiger partial charge in [-0.05, 0) is 54.0 Å². The van der Waals surface area contributed by atoms with Crippen molar-refractivity contribution in [3.05, 3.63) is 47.0 Å². The predicted octanol–water partition coefficient (Wildman–Crippen LogP) is 3.95. The number of anilines is 1. The van der Waals surface area contributed by atoms with Gasteiger partial charge in [0.25, 0.3) is 0 Å². The normalized spacial score (nSPS) is 20.8. The van der Waals surface area contributed by atoms with Gasteiger partial charge in [-0.3, -0.25) is 14.6 Å². The van der Waals surface area contributed by atoms with Gasteiger partial charge in [0.15, 0.2) is 0 Å². The largest absolute Gasteiger partial charge is 0.349 e. The van der Waals surface area contributed by atoms with E-state index in [1.165, 1.54) is 11.0 Å². The molecule has 0 spiro atoms. The fourth-order valence-corrected chi connectivity index (χ4v) is 4.49. The average Bonchev–Trinajstić information content (AvgIpc) is 2.72. The number of aryl methyl sites for hydroxylation is 1. The molecule has 0 bridgehead atoms. The average molecular weight is 395 g/mol. The fraction of sp³-hybridized carbons (Fsp3) is 0.435. The molecule has 0 fully saturated rings. The number of carbonyl (C=O) groups is 2. The van der Waals surface area contributed by atoms with E-state index in [0.29, 0.717) is 36.4 Å². The third kappa shape index (κ3) is 3.41. The molecule has 0 saturated carbocycles. The van der Waals surface area contributed by atoms with Crippen LogP contribution in [0.2, 0.25) is 0 Å². The topological polar surface area (TPSA) is 62.3 Å². The first-order chi connectivity index (χ1) is 13.9. The highest BCUT2D eigenvalue weighted by Crippen LogP contribution is 2.41. The van der Waals surface area contributed by atoms with Gasteiger partial charge in [-0.25, -0.2) is 4.39 Å². The Labute approximate surface area is 170 Å². The van der Waals surface area contributed by atoms with E-state index >= 15 is 4.39 Å². The van der Waals surface area contributed by atoms with Crippen molar-refractivity contribution in [2.24, 2.45) is 5.92 Å². The molecular formula is C23H26FN3O2. The maximum absolute atomic E-state index is 15.1. The van der Waals surface area contributed by atoms with Crippen molar-refractivity contribution in [1.29, 1.82) is 0 Å². The molecular weight excluding hydrogens is 369 g/mol. The minimum Gasteiger partial charge on any atom is -0.349 e. The monoisotopic (exact) mass is 395 g/mol. The van der Waals surface area contributed by atoms with Crippen molar-refractivity contribution in [3.63, 3.8) is 0 Å². The Morgan fingerprint density at radius 1 is 1.24 bits per heavy atom. The van der Waals surface area contributed by atoms with Gasteiger partial charge in [0.05, 0.1) is 6.04 Å². The molecule has 2 atom stereocenters. The first kappa shape index (κ1) is 19.6. The Morgan fingerprint density at radius 3 is 2.79 bits per heavy atom. The summed E-state index contributed by atoms with van der Waals surface area (Å²) in [7, 11) is 1.69. The summed E-state index contributed by atoms with van der Waals surface area (Å²) < 4.78 is 15.1. The Kier molecular flexibility index (Phi) is 5.11. The Hall–Kier alpha value is -2.76. The van der Waals surface area contributed by atoms with Gasteiger partial charge in [-0.2, -0.15) is 0 Å². The second-order valence-corrected chi connectivity index (χ2v) is 8.08. The number of rotatable bonds is 3. The first-order valence-corrected chi connectivity index (χ1v) is 10.3. The lowest BCUT2D eigenvalue weighted by Crippen LogP contribution is -2.35. The van der Waals surface area contributed by atoms with Crippen LogP contribution >= 0.6 is 0 Å². The molecule has 1 aromatic heterocycles. The molecule has 4 rings (SSSR count). The van der Waals surface area contributed by atoms with E-state index in [-0.39, 0.29) is 23.7 Å². The molecule has 152 valence electrons. The Morgan fingerprint density at radius 2 is 2.03 bits per heavy atom. The zero-order valence-electron chi connectivity index (χ0n) is 17.1. The predicted molar refractivity (Wildman–Crippen MR) is 110 cm³/mol. The summed E-state index contributed by atoms with van der Waals surface area (Å²) in [6.07, 6.45) is 6.73. The summed E-state index contributed by atoms with van der Waals surface area (Å²) in [5, 5.41) is 3.11. The molecule has 5 nitrogen and oxygen atoms in total. The molecule has 0 saturated heterocycles. The first-order valence-electron chi connectivity index (χ1n) is 10.3. The number of amides is 2. The summed E-state index contributed by atoms with van der Waals surface area (Å²) in [6.45, 7) is 3.96. The number of aromatic nitrogens is 1. The maximum atomic E-state index is 15.1. The highest BCUT2D eigenvalue weighted by molar-refractivity contribution is 5.96. The summed E-state index contributed by atoms with van der Waals surface area (Å²) in [4.78, 5) is 29.9. The van der Waals surface area contributed by atoms with E-state index in [0.717, 1.165) is 35.1 Å². The summed E-state index contributed by atoms with van der Waals surface area (Å²) in [6, 6.07) is 3.22. The molecule has 2 heterocycles. The van der Waals surface area contributed by atoms with E-state index in [9.17, 15) is 9.59 Å². The minimum absolute atomic E-state index is 0.00639. The smallest absolute Gasteiger partial charge is 0.227 e. The number of hydrogen-bond donors (Lipinski definition) is 1. The van der Waals surface area contributed by atoms with Gasteiger partial charge in [0.1, 0.15) is 5.82 Å². The zero-order chi connectivity index (χ0) is 20.7. The van der Waals surface area contributed by atoms with Crippen LogP contribution in [0, 0.1) is 11.7 Å². The minimum atomic E-state index is -0.353. The van der Waals surface area contributed by atoms with Crippen LogP contribution in [0.15, 0.2) is 24.5 Å². The number of pyridine rings is 1. The van der Waals surface area contributed by atoms with Gasteiger partial charge in [-0.15, -0.1) is 0 Å². The van der Waals surface area contributed by atoms with Crippen LogP contribution in [0.3, 0.4) is 0 Å². The van der Waals surface area contributed by atoms with Gasteiger partial charge < -0.3 is 10.2 Å². The molecule has 6 heteroatoms. The van der Waals surface area contributed by atoms with Crippen molar-refractivity contribution in [2.45, 2.75) is 52.0 Å². The molecule has 1 aliphatic heterocycles. The third-order valence-electron chi connectivity index (χ3n) is 6.28. The Balaban J connectivity index is 1.80. The van der Waals surface area contributed by atoms with Gasteiger partial charge in [-0.1, -0.05) is 13.8 Å². The number of nitrogens with one attached hydrogen (secondary N) is 1. The van der Waals surface area contributed by atoms with Crippen LogP contribution in [0.25, 0.3) is 11.1 Å². The molecule has 2 aliphatic rings. The van der Waals surface area contributed by atoms with Crippen molar-refractivity contribution in [1.82, 2.24) is 10.3 Å². The molecule has 0 radical (unpaired) electrons. The standard InChI is InChI=1S/C23H26FN3O2/c1-4-21(28)26-23-13(2)5-7-15-17(11-25-12-18(15)23)16-9-14-6-8-22(29)27(3)20(14)10-19(16)24/h9-13,23H,4-8H2,1-3H3,(H,26,28)/t13?,23-/m1/s1. The van der Waals surface area contributed by atoms with Crippen LogP contribution in [0.5, 0.6) is 0 Å². The third-order valence-corrected chi connectivity index (χ3v) is 6.28. The van der Waals surface area contributed by atoms with E-state index in [4.69, 9.17) is 0 Å². The van der Waals surface area contributed by atoms with Gasteiger partial charge >= 0.3 is 0 Å². The number of fused-ring (bicyclic) bond motifs is 2. The SMILES string of the molecule is CCC(=O)N[C@H]1c2cncc(-c3cc4c(cc3F)N(C)C(=O)CC4)c2CCC1C. The van der Waals surface area contributed by atoms with Crippen LogP contribution in [0.1, 0.15) is 55.8 Å². The van der Waals surface area contributed by atoms with Crippen LogP contribution in [-0.2, 0) is 22.4 Å². The molecule has 1 unspecified atom stereocenters. The molecule has 1 aromatic carbocycles. The van der Waals surface area contributed by atoms with Crippen LogP contribution in [-0.4, -0.2) is 23.8 Å². The van der Waals surface area contributed by atoms with E-state index in [2.05, 4.69) is 17.2 Å². The lowest BCUT2D eigenvalue weighted by atomic mass is 9.78.